The van der Waals surface area contributed by atoms with Crippen molar-refractivity contribution in [3.8, 4) is 0 Å². The molecule has 1 radical (unpaired) electrons. The quantitative estimate of drug-likeness (QED) is 0.117. The first-order valence-corrected chi connectivity index (χ1v) is 27.3. The van der Waals surface area contributed by atoms with Gasteiger partial charge in [0.25, 0.3) is 0 Å². The van der Waals surface area contributed by atoms with Crippen LogP contribution in [0.4, 0.5) is 0 Å². The van der Waals surface area contributed by atoms with E-state index in [0.717, 1.165) is 0 Å². The van der Waals surface area contributed by atoms with Crippen molar-refractivity contribution in [3.05, 3.63) is 0 Å². The summed E-state index contributed by atoms with van der Waals surface area (Å²) >= 11 is 0. The average Bonchev–Trinajstić information content (AvgIpc) is 2.70. The Morgan fingerprint density at radius 3 is 0.564 bits per heavy atom. The second kappa shape index (κ2) is 14.7. The molecule has 0 aliphatic carbocycles. The van der Waals surface area contributed by atoms with E-state index < -0.39 is 41.4 Å². The Balaban J connectivity index is 8.06. The third kappa shape index (κ3) is 8.62. The van der Waals surface area contributed by atoms with Crippen LogP contribution in [0.15, 0.2) is 0 Å². The maximum Gasteiger partial charge on any atom is 0.339 e. The lowest BCUT2D eigenvalue weighted by Gasteiger charge is -2.58. The third-order valence-electron chi connectivity index (χ3n) is 9.32. The van der Waals surface area contributed by atoms with Gasteiger partial charge in [-0.05, 0) is 69.5 Å². The molecule has 39 heavy (non-hydrogen) atoms. The van der Waals surface area contributed by atoms with Gasteiger partial charge >= 0.3 is 8.17 Å². The summed E-state index contributed by atoms with van der Waals surface area (Å²) in [4.78, 5) is 0. The highest BCUT2D eigenvalue weighted by atomic mass is 31.2. The largest absolute Gasteiger partial charge is 0.343 e. The predicted molar refractivity (Wildman–Crippen MR) is 188 cm³/mol. The maximum atomic E-state index is 7.89. The molecule has 0 amide bonds. The molecular formula is C30H72O4PSi4. The number of hydrogen-bond donors (Lipinski definition) is 0. The molecular weight excluding hydrogens is 568 g/mol. The van der Waals surface area contributed by atoms with Gasteiger partial charge in [-0.15, -0.1) is 0 Å². The fourth-order valence-electron chi connectivity index (χ4n) is 7.98. The van der Waals surface area contributed by atoms with E-state index in [1.165, 1.54) is 0 Å². The van der Waals surface area contributed by atoms with Crippen LogP contribution in [0.1, 0.15) is 125 Å². The molecule has 0 aromatic rings. The zero-order chi connectivity index (χ0) is 31.5. The van der Waals surface area contributed by atoms with Crippen LogP contribution in [-0.2, 0) is 16.9 Å². The molecule has 0 fully saturated rings. The van der Waals surface area contributed by atoms with Crippen molar-refractivity contribution in [1.29, 1.82) is 0 Å². The minimum absolute atomic E-state index is 0.413. The second-order valence-corrected chi connectivity index (χ2v) is 39.4. The zero-order valence-electron chi connectivity index (χ0n) is 30.3. The van der Waals surface area contributed by atoms with Crippen molar-refractivity contribution in [2.75, 3.05) is 0 Å². The lowest BCUT2D eigenvalue weighted by molar-refractivity contribution is 0.226. The topological polar surface area (TPSA) is 36.9 Å². The minimum atomic E-state index is -3.22. The molecule has 0 aliphatic heterocycles. The van der Waals surface area contributed by atoms with E-state index in [9.17, 15) is 0 Å². The molecule has 0 aliphatic rings. The van der Waals surface area contributed by atoms with E-state index in [0.29, 0.717) is 49.9 Å². The monoisotopic (exact) mass is 639 g/mol. The molecule has 0 heterocycles. The van der Waals surface area contributed by atoms with Gasteiger partial charge < -0.3 is 16.9 Å². The second-order valence-electron chi connectivity index (χ2n) is 15.9. The summed E-state index contributed by atoms with van der Waals surface area (Å²) in [6.45, 7) is 49.5. The number of hydrogen-bond acceptors (Lipinski definition) is 4. The van der Waals surface area contributed by atoms with Gasteiger partial charge in [-0.2, -0.15) is 0 Å². The van der Waals surface area contributed by atoms with E-state index in [2.05, 4.69) is 144 Å². The Hall–Kier alpha value is 1.14. The van der Waals surface area contributed by atoms with Gasteiger partial charge in [0.1, 0.15) is 0 Å². The molecule has 0 saturated carbocycles. The van der Waals surface area contributed by atoms with E-state index in [4.69, 9.17) is 16.9 Å². The van der Waals surface area contributed by atoms with Crippen molar-refractivity contribution in [1.82, 2.24) is 0 Å². The first kappa shape index (κ1) is 40.1. The molecule has 0 N–H and O–H groups in total. The maximum absolute atomic E-state index is 7.89. The Bertz CT molecular complexity index is 582. The van der Waals surface area contributed by atoms with Crippen LogP contribution < -0.4 is 0 Å². The van der Waals surface area contributed by atoms with Crippen LogP contribution in [-0.4, -0.2) is 33.3 Å². The van der Waals surface area contributed by atoms with Crippen molar-refractivity contribution < 1.29 is 16.9 Å². The first-order chi connectivity index (χ1) is 17.3. The van der Waals surface area contributed by atoms with Gasteiger partial charge in [-0.1, -0.05) is 125 Å². The van der Waals surface area contributed by atoms with Crippen molar-refractivity contribution in [3.63, 3.8) is 0 Å². The minimum Gasteiger partial charge on any atom is -0.343 e. The third-order valence-corrected chi connectivity index (χ3v) is 35.1. The summed E-state index contributed by atoms with van der Waals surface area (Å²) in [6, 6.07) is 0. The summed E-state index contributed by atoms with van der Waals surface area (Å²) < 4.78 is 31.1. The summed E-state index contributed by atoms with van der Waals surface area (Å²) in [5, 5.41) is 0. The molecule has 0 saturated heterocycles. The van der Waals surface area contributed by atoms with Gasteiger partial charge in [0, 0.05) is 0 Å². The molecule has 0 spiro atoms. The molecule has 237 valence electrons. The van der Waals surface area contributed by atoms with Crippen LogP contribution in [0, 0.1) is 0 Å². The molecule has 0 atom stereocenters. The van der Waals surface area contributed by atoms with Gasteiger partial charge in [0.15, 0.2) is 8.32 Å². The van der Waals surface area contributed by atoms with Crippen LogP contribution in [0.2, 0.25) is 69.5 Å². The molecule has 0 rings (SSSR count). The average molecular weight is 640 g/mol. The van der Waals surface area contributed by atoms with Crippen molar-refractivity contribution in [2.45, 2.75) is 194 Å². The van der Waals surface area contributed by atoms with Gasteiger partial charge in [0.2, 0.25) is 25.0 Å². The highest BCUT2D eigenvalue weighted by molar-refractivity contribution is 7.62. The van der Waals surface area contributed by atoms with Crippen LogP contribution in [0.5, 0.6) is 0 Å². The SMILES string of the molecule is CC(C)[Si](O[P](O[Si](C)(C)C)(O[Si](C(C)C)(C(C)C)C(C)C)O[Si](C(C)C)(C(C)C)C(C)C)(C(C)C)C(C)C. The summed E-state index contributed by atoms with van der Waals surface area (Å²) in [6.07, 6.45) is 0. The summed E-state index contributed by atoms with van der Waals surface area (Å²) in [5.41, 5.74) is 3.71. The Morgan fingerprint density at radius 1 is 0.308 bits per heavy atom. The fourth-order valence-corrected chi connectivity index (χ4v) is 37.8. The lowest BCUT2D eigenvalue weighted by atomic mass is 10.5. The lowest BCUT2D eigenvalue weighted by Crippen LogP contribution is -2.56. The summed E-state index contributed by atoms with van der Waals surface area (Å²) in [7, 11) is -12.7. The Kier molecular flexibility index (Phi) is 15.2. The predicted octanol–water partition coefficient (Wildman–Crippen LogP) is 13.1. The molecule has 0 bridgehead atoms. The Morgan fingerprint density at radius 2 is 0.462 bits per heavy atom. The number of rotatable bonds is 17. The van der Waals surface area contributed by atoms with Gasteiger partial charge in [-0.3, -0.25) is 0 Å². The Labute approximate surface area is 251 Å². The fraction of sp³-hybridized carbons (Fsp3) is 1.00. The smallest absolute Gasteiger partial charge is 0.339 e. The van der Waals surface area contributed by atoms with Gasteiger partial charge in [0.05, 0.1) is 0 Å². The van der Waals surface area contributed by atoms with E-state index >= 15 is 0 Å². The van der Waals surface area contributed by atoms with E-state index in [1.54, 1.807) is 0 Å². The molecule has 0 aromatic carbocycles. The molecule has 9 heteroatoms. The highest BCUT2D eigenvalue weighted by Gasteiger charge is 2.62. The molecule has 0 aromatic heterocycles. The van der Waals surface area contributed by atoms with Crippen LogP contribution in [0.25, 0.3) is 0 Å². The van der Waals surface area contributed by atoms with E-state index in [1.807, 2.05) is 0 Å². The normalized spacial score (nSPS) is 15.2. The molecule has 4 nitrogen and oxygen atoms in total. The van der Waals surface area contributed by atoms with Crippen LogP contribution in [0.3, 0.4) is 0 Å². The molecule has 0 unspecified atom stereocenters. The van der Waals surface area contributed by atoms with Crippen molar-refractivity contribution >= 4 is 41.4 Å². The van der Waals surface area contributed by atoms with E-state index in [-0.39, 0.29) is 0 Å². The zero-order valence-corrected chi connectivity index (χ0v) is 35.2. The summed E-state index contributed by atoms with van der Waals surface area (Å²) in [5.74, 6) is 0. The highest BCUT2D eigenvalue weighted by Crippen LogP contribution is 2.75. The van der Waals surface area contributed by atoms with Crippen LogP contribution >= 0.6 is 8.17 Å². The standard InChI is InChI=1S/C30H72O4PSi4/c1-22(2)37(23(3)4,24(5)6)32-35(31-36(19,20)21,33-38(25(7)8,26(9)10)27(11)12)34-39(28(13)14,29(15)16)30(17)18/h22-30H,1-21H3. The van der Waals surface area contributed by atoms with Gasteiger partial charge in [-0.25, -0.2) is 0 Å². The first-order valence-electron chi connectivity index (χ1n) is 16.0. The van der Waals surface area contributed by atoms with Crippen molar-refractivity contribution in [2.24, 2.45) is 0 Å².